The third kappa shape index (κ3) is 3.14. The van der Waals surface area contributed by atoms with E-state index in [-0.39, 0.29) is 5.92 Å². The van der Waals surface area contributed by atoms with E-state index in [1.165, 1.54) is 5.56 Å². The van der Waals surface area contributed by atoms with Gasteiger partial charge in [0.2, 0.25) is 0 Å². The maximum Gasteiger partial charge on any atom is 0.305 e. The van der Waals surface area contributed by atoms with Crippen LogP contribution >= 0.6 is 0 Å². The van der Waals surface area contributed by atoms with Gasteiger partial charge in [-0.25, -0.2) is 0 Å². The standard InChI is InChI=1S/C17H14F2N2O/c18-16(19)11-22-14-8-6-13(7-9-14)17-15(10-20-21-17)12-4-2-1-3-5-12/h1-9,11,15,20H,10H2. The first-order chi connectivity index (χ1) is 10.7. The summed E-state index contributed by atoms with van der Waals surface area (Å²) in [5.41, 5.74) is 6.09. The van der Waals surface area contributed by atoms with Crippen molar-refractivity contribution in [3.05, 3.63) is 78.1 Å². The van der Waals surface area contributed by atoms with Crippen molar-refractivity contribution in [3.8, 4) is 5.75 Å². The molecule has 0 spiro atoms. The molecule has 0 fully saturated rings. The second-order valence-corrected chi connectivity index (χ2v) is 4.87. The number of nitrogens with zero attached hydrogens (tertiary/aromatic N) is 1. The fourth-order valence-electron chi connectivity index (χ4n) is 2.44. The van der Waals surface area contributed by atoms with Gasteiger partial charge in [0.15, 0.2) is 6.26 Å². The smallest absolute Gasteiger partial charge is 0.305 e. The first-order valence-corrected chi connectivity index (χ1v) is 6.87. The number of hydrogen-bond donors (Lipinski definition) is 1. The molecule has 5 heteroatoms. The molecule has 1 N–H and O–H groups in total. The molecule has 3 rings (SSSR count). The molecule has 0 radical (unpaired) electrons. The number of rotatable bonds is 4. The summed E-state index contributed by atoms with van der Waals surface area (Å²) in [5.74, 6) is 0.538. The molecule has 0 bridgehead atoms. The topological polar surface area (TPSA) is 33.6 Å². The third-order valence-corrected chi connectivity index (χ3v) is 3.46. The van der Waals surface area contributed by atoms with E-state index in [0.29, 0.717) is 12.0 Å². The highest BCUT2D eigenvalue weighted by molar-refractivity contribution is 6.06. The summed E-state index contributed by atoms with van der Waals surface area (Å²) in [5, 5.41) is 4.36. The maximum atomic E-state index is 12.0. The Morgan fingerprint density at radius 2 is 1.82 bits per heavy atom. The van der Waals surface area contributed by atoms with Crippen LogP contribution in [0, 0.1) is 0 Å². The first-order valence-electron chi connectivity index (χ1n) is 6.87. The number of nitrogens with one attached hydrogen (secondary N) is 1. The minimum Gasteiger partial charge on any atom is -0.459 e. The highest BCUT2D eigenvalue weighted by Gasteiger charge is 2.24. The van der Waals surface area contributed by atoms with Crippen LogP contribution in [-0.2, 0) is 0 Å². The van der Waals surface area contributed by atoms with Crippen LogP contribution in [0.15, 0.2) is 72.0 Å². The zero-order chi connectivity index (χ0) is 15.4. The molecule has 1 atom stereocenters. The van der Waals surface area contributed by atoms with Crippen LogP contribution in [0.3, 0.4) is 0 Å². The van der Waals surface area contributed by atoms with E-state index in [0.717, 1.165) is 17.8 Å². The summed E-state index contributed by atoms with van der Waals surface area (Å²) < 4.78 is 28.8. The molecule has 2 aromatic carbocycles. The molecule has 1 aliphatic rings. The molecular weight excluding hydrogens is 286 g/mol. The highest BCUT2D eigenvalue weighted by Crippen LogP contribution is 2.25. The molecule has 0 saturated carbocycles. The van der Waals surface area contributed by atoms with E-state index in [1.54, 1.807) is 12.1 Å². The molecule has 0 aliphatic carbocycles. The van der Waals surface area contributed by atoms with E-state index in [2.05, 4.69) is 22.7 Å². The Morgan fingerprint density at radius 3 is 2.50 bits per heavy atom. The number of halogens is 2. The monoisotopic (exact) mass is 300 g/mol. The van der Waals surface area contributed by atoms with Crippen molar-refractivity contribution < 1.29 is 13.5 Å². The van der Waals surface area contributed by atoms with Crippen LogP contribution in [0.1, 0.15) is 17.0 Å². The summed E-state index contributed by atoms with van der Waals surface area (Å²) in [7, 11) is 0. The molecule has 22 heavy (non-hydrogen) atoms. The van der Waals surface area contributed by atoms with E-state index >= 15 is 0 Å². The van der Waals surface area contributed by atoms with Gasteiger partial charge >= 0.3 is 6.08 Å². The largest absolute Gasteiger partial charge is 0.459 e. The van der Waals surface area contributed by atoms with E-state index in [1.807, 2.05) is 30.3 Å². The molecule has 0 saturated heterocycles. The van der Waals surface area contributed by atoms with Crippen molar-refractivity contribution in [2.45, 2.75) is 5.92 Å². The fraction of sp³-hybridized carbons (Fsp3) is 0.118. The van der Waals surface area contributed by atoms with Crippen molar-refractivity contribution in [3.63, 3.8) is 0 Å². The fourth-order valence-corrected chi connectivity index (χ4v) is 2.44. The SMILES string of the molecule is FC(F)=COc1ccc(C2=NNCC2c2ccccc2)cc1. The molecule has 0 amide bonds. The molecule has 0 aromatic heterocycles. The summed E-state index contributed by atoms with van der Waals surface area (Å²) >= 11 is 0. The summed E-state index contributed by atoms with van der Waals surface area (Å²) in [6, 6.07) is 17.1. The van der Waals surface area contributed by atoms with Gasteiger partial charge in [-0.1, -0.05) is 30.3 Å². The Balaban J connectivity index is 1.80. The highest BCUT2D eigenvalue weighted by atomic mass is 19.3. The van der Waals surface area contributed by atoms with Crippen LogP contribution in [0.25, 0.3) is 0 Å². The Kier molecular flexibility index (Phi) is 4.14. The number of benzene rings is 2. The Bertz CT molecular complexity index is 692. The van der Waals surface area contributed by atoms with Gasteiger partial charge in [0, 0.05) is 12.5 Å². The lowest BCUT2D eigenvalue weighted by atomic mass is 9.91. The lowest BCUT2D eigenvalue weighted by molar-refractivity contribution is 0.365. The van der Waals surface area contributed by atoms with Crippen LogP contribution in [0.4, 0.5) is 8.78 Å². The van der Waals surface area contributed by atoms with Crippen molar-refractivity contribution in [2.75, 3.05) is 6.54 Å². The van der Waals surface area contributed by atoms with Crippen molar-refractivity contribution in [1.29, 1.82) is 0 Å². The van der Waals surface area contributed by atoms with Gasteiger partial charge in [0.1, 0.15) is 5.75 Å². The molecule has 2 aromatic rings. The summed E-state index contributed by atoms with van der Waals surface area (Å²) in [6.45, 7) is 0.743. The van der Waals surface area contributed by atoms with Crippen molar-refractivity contribution >= 4 is 5.71 Å². The van der Waals surface area contributed by atoms with Gasteiger partial charge in [0.25, 0.3) is 0 Å². The average Bonchev–Trinajstić information content (AvgIpc) is 3.04. The van der Waals surface area contributed by atoms with Crippen molar-refractivity contribution in [2.24, 2.45) is 5.10 Å². The number of ether oxygens (including phenoxy) is 1. The molecular formula is C17H14F2N2O. The lowest BCUT2D eigenvalue weighted by Crippen LogP contribution is -2.14. The van der Waals surface area contributed by atoms with Gasteiger partial charge in [-0.05, 0) is 35.4 Å². The molecule has 112 valence electrons. The van der Waals surface area contributed by atoms with Gasteiger partial charge < -0.3 is 10.2 Å². The molecule has 1 unspecified atom stereocenters. The van der Waals surface area contributed by atoms with Gasteiger partial charge in [-0.3, -0.25) is 0 Å². The second-order valence-electron chi connectivity index (χ2n) is 4.87. The zero-order valence-corrected chi connectivity index (χ0v) is 11.7. The Morgan fingerprint density at radius 1 is 1.09 bits per heavy atom. The normalized spacial score (nSPS) is 16.6. The summed E-state index contributed by atoms with van der Waals surface area (Å²) in [6.07, 6.45) is -1.44. The van der Waals surface area contributed by atoms with Crippen LogP contribution in [0.5, 0.6) is 5.75 Å². The predicted molar refractivity (Wildman–Crippen MR) is 81.1 cm³/mol. The van der Waals surface area contributed by atoms with Crippen LogP contribution in [-0.4, -0.2) is 12.3 Å². The van der Waals surface area contributed by atoms with E-state index < -0.39 is 6.08 Å². The van der Waals surface area contributed by atoms with Gasteiger partial charge in [-0.2, -0.15) is 13.9 Å². The minimum absolute atomic E-state index is 0.177. The quantitative estimate of drug-likeness (QED) is 0.869. The zero-order valence-electron chi connectivity index (χ0n) is 11.7. The molecule has 1 aliphatic heterocycles. The Labute approximate surface area is 126 Å². The minimum atomic E-state index is -1.86. The van der Waals surface area contributed by atoms with Gasteiger partial charge in [-0.15, -0.1) is 0 Å². The first kappa shape index (κ1) is 14.3. The number of hydrazone groups is 1. The van der Waals surface area contributed by atoms with Crippen molar-refractivity contribution in [1.82, 2.24) is 5.43 Å². The van der Waals surface area contributed by atoms with Gasteiger partial charge in [0.05, 0.1) is 5.71 Å². The molecule has 3 nitrogen and oxygen atoms in total. The summed E-state index contributed by atoms with van der Waals surface area (Å²) in [4.78, 5) is 0. The third-order valence-electron chi connectivity index (χ3n) is 3.46. The molecule has 1 heterocycles. The average molecular weight is 300 g/mol. The van der Waals surface area contributed by atoms with E-state index in [9.17, 15) is 8.78 Å². The number of hydrogen-bond acceptors (Lipinski definition) is 3. The predicted octanol–water partition coefficient (Wildman–Crippen LogP) is 3.89. The second kappa shape index (κ2) is 6.39. The van der Waals surface area contributed by atoms with E-state index in [4.69, 9.17) is 4.74 Å². The lowest BCUT2D eigenvalue weighted by Gasteiger charge is -2.12. The Hall–Kier alpha value is -2.69. The van der Waals surface area contributed by atoms with Crippen LogP contribution in [0.2, 0.25) is 0 Å². The van der Waals surface area contributed by atoms with Crippen LogP contribution < -0.4 is 10.2 Å². The maximum absolute atomic E-state index is 12.0.